The van der Waals surface area contributed by atoms with Gasteiger partial charge in [0.1, 0.15) is 6.26 Å². The molecule has 11 heteroatoms. The van der Waals surface area contributed by atoms with Crippen molar-refractivity contribution in [3.8, 4) is 11.5 Å². The molecule has 0 unspecified atom stereocenters. The maximum absolute atomic E-state index is 13.7. The number of benzene rings is 1. The predicted octanol–water partition coefficient (Wildman–Crippen LogP) is 2.58. The van der Waals surface area contributed by atoms with Crippen LogP contribution in [0.15, 0.2) is 29.0 Å². The summed E-state index contributed by atoms with van der Waals surface area (Å²) >= 11 is 0. The summed E-state index contributed by atoms with van der Waals surface area (Å²) in [5, 5.41) is 20.4. The largest absolute Gasteiger partial charge is 0.481 e. The molecule has 0 radical (unpaired) electrons. The first-order chi connectivity index (χ1) is 19.3. The number of oxazole rings is 1. The summed E-state index contributed by atoms with van der Waals surface area (Å²) in [6.45, 7) is 4.68. The van der Waals surface area contributed by atoms with Gasteiger partial charge in [0.05, 0.1) is 25.3 Å². The molecule has 2 aromatic rings. The van der Waals surface area contributed by atoms with Crippen LogP contribution in [0.25, 0.3) is 0 Å². The standard InChI is InChI=1S/C29H42N4O7/c1-4-5-11-32(12-6-10-31(2)3)26(35)17-33-16-22(20-14-21(18-34)28-24(15-20)39-19-40-28)27(29(36)37)23(33)7-8-25-30-9-13-38-25/h9,13-15,22-23,27,34H,4-8,10-12,16-19H2,1-3H3,(H,36,37)/t22-,23+,27-/m1/s1. The summed E-state index contributed by atoms with van der Waals surface area (Å²) in [4.78, 5) is 36.7. The number of carboxylic acids is 1. The number of aromatic nitrogens is 1. The van der Waals surface area contributed by atoms with E-state index < -0.39 is 23.8 Å². The van der Waals surface area contributed by atoms with Gasteiger partial charge in [0.15, 0.2) is 17.4 Å². The molecular weight excluding hydrogens is 516 g/mol. The molecule has 3 atom stereocenters. The Bertz CT molecular complexity index is 1120. The number of hydrogen-bond acceptors (Lipinski definition) is 9. The molecule has 1 saturated heterocycles. The number of aliphatic hydroxyl groups excluding tert-OH is 1. The van der Waals surface area contributed by atoms with E-state index in [1.807, 2.05) is 30.0 Å². The summed E-state index contributed by atoms with van der Waals surface area (Å²) in [7, 11) is 4.04. The lowest BCUT2D eigenvalue weighted by Gasteiger charge is -2.30. The molecule has 1 fully saturated rings. The number of carbonyl (C=O) groups is 2. The summed E-state index contributed by atoms with van der Waals surface area (Å²) < 4.78 is 16.5. The fraction of sp³-hybridized carbons (Fsp3) is 0.621. The lowest BCUT2D eigenvalue weighted by molar-refractivity contribution is -0.143. The minimum absolute atomic E-state index is 0.0138. The summed E-state index contributed by atoms with van der Waals surface area (Å²) in [5.74, 6) is -0.548. The van der Waals surface area contributed by atoms with Crippen molar-refractivity contribution in [2.75, 3.05) is 53.6 Å². The van der Waals surface area contributed by atoms with Crippen molar-refractivity contribution in [3.05, 3.63) is 41.6 Å². The van der Waals surface area contributed by atoms with Crippen molar-refractivity contribution in [2.45, 2.75) is 57.6 Å². The highest BCUT2D eigenvalue weighted by molar-refractivity contribution is 5.79. The van der Waals surface area contributed by atoms with Crippen LogP contribution < -0.4 is 9.47 Å². The molecule has 0 aliphatic carbocycles. The Morgan fingerprint density at radius 3 is 2.62 bits per heavy atom. The van der Waals surface area contributed by atoms with Crippen LogP contribution in [-0.4, -0.2) is 101 Å². The van der Waals surface area contributed by atoms with E-state index in [1.165, 1.54) is 6.26 Å². The van der Waals surface area contributed by atoms with Gasteiger partial charge in [-0.05, 0) is 57.6 Å². The van der Waals surface area contributed by atoms with Gasteiger partial charge in [-0.15, -0.1) is 0 Å². The van der Waals surface area contributed by atoms with Crippen molar-refractivity contribution >= 4 is 11.9 Å². The molecule has 0 saturated carbocycles. The first-order valence-corrected chi connectivity index (χ1v) is 14.1. The third-order valence-electron chi connectivity index (χ3n) is 7.85. The minimum Gasteiger partial charge on any atom is -0.481 e. The SMILES string of the molecule is CCCCN(CCCN(C)C)C(=O)CN1C[C@H](c2cc(CO)c3c(c2)OCO3)[C@@H](C(=O)O)[C@@H]1CCc1ncco1. The molecule has 2 aliphatic rings. The van der Waals surface area contributed by atoms with Crippen LogP contribution in [0.5, 0.6) is 11.5 Å². The number of nitrogens with zero attached hydrogens (tertiary/aromatic N) is 4. The number of aliphatic carboxylic acids is 1. The van der Waals surface area contributed by atoms with E-state index in [0.29, 0.717) is 55.4 Å². The van der Waals surface area contributed by atoms with E-state index in [1.54, 1.807) is 12.3 Å². The number of unbranched alkanes of at least 4 members (excludes halogenated alkanes) is 1. The third kappa shape index (κ3) is 7.13. The van der Waals surface area contributed by atoms with Gasteiger partial charge in [0.2, 0.25) is 12.7 Å². The van der Waals surface area contributed by atoms with E-state index in [0.717, 1.165) is 31.4 Å². The van der Waals surface area contributed by atoms with Gasteiger partial charge in [-0.2, -0.15) is 0 Å². The van der Waals surface area contributed by atoms with Crippen molar-refractivity contribution in [2.24, 2.45) is 5.92 Å². The Kier molecular flexibility index (Phi) is 10.4. The number of amides is 1. The first kappa shape index (κ1) is 29.8. The highest BCUT2D eigenvalue weighted by Gasteiger charge is 2.47. The number of aliphatic hydroxyl groups is 1. The minimum atomic E-state index is -0.922. The fourth-order valence-corrected chi connectivity index (χ4v) is 5.84. The first-order valence-electron chi connectivity index (χ1n) is 14.1. The van der Waals surface area contributed by atoms with Crippen molar-refractivity contribution in [1.29, 1.82) is 0 Å². The molecule has 1 aromatic carbocycles. The molecule has 2 aliphatic heterocycles. The van der Waals surface area contributed by atoms with Crippen LogP contribution in [0, 0.1) is 5.92 Å². The second kappa shape index (κ2) is 14.0. The zero-order chi connectivity index (χ0) is 28.6. The van der Waals surface area contributed by atoms with Crippen LogP contribution in [-0.2, 0) is 22.6 Å². The average Bonchev–Trinajstić information content (AvgIpc) is 3.68. The van der Waals surface area contributed by atoms with Crippen LogP contribution in [0.4, 0.5) is 0 Å². The Balaban J connectivity index is 1.60. The number of likely N-dealkylation sites (tertiary alicyclic amines) is 1. The fourth-order valence-electron chi connectivity index (χ4n) is 5.84. The maximum atomic E-state index is 13.7. The number of fused-ring (bicyclic) bond motifs is 1. The van der Waals surface area contributed by atoms with Crippen molar-refractivity contribution in [1.82, 2.24) is 19.7 Å². The van der Waals surface area contributed by atoms with Crippen LogP contribution in [0.3, 0.4) is 0 Å². The van der Waals surface area contributed by atoms with Gasteiger partial charge in [-0.1, -0.05) is 13.3 Å². The van der Waals surface area contributed by atoms with Gasteiger partial charge in [0.25, 0.3) is 0 Å². The molecule has 3 heterocycles. The van der Waals surface area contributed by atoms with E-state index in [-0.39, 0.29) is 25.9 Å². The van der Waals surface area contributed by atoms with E-state index in [2.05, 4.69) is 16.8 Å². The summed E-state index contributed by atoms with van der Waals surface area (Å²) in [6.07, 6.45) is 6.80. The third-order valence-corrected chi connectivity index (χ3v) is 7.85. The molecule has 220 valence electrons. The molecule has 40 heavy (non-hydrogen) atoms. The number of ether oxygens (including phenoxy) is 2. The predicted molar refractivity (Wildman–Crippen MR) is 147 cm³/mol. The Hall–Kier alpha value is -3.15. The lowest BCUT2D eigenvalue weighted by Crippen LogP contribution is -2.45. The zero-order valence-electron chi connectivity index (χ0n) is 23.8. The Morgan fingerprint density at radius 1 is 1.15 bits per heavy atom. The molecule has 1 amide bonds. The average molecular weight is 559 g/mol. The molecule has 0 spiro atoms. The smallest absolute Gasteiger partial charge is 0.308 e. The van der Waals surface area contributed by atoms with Gasteiger partial charge in [0, 0.05) is 43.6 Å². The molecule has 11 nitrogen and oxygen atoms in total. The van der Waals surface area contributed by atoms with E-state index in [9.17, 15) is 19.8 Å². The van der Waals surface area contributed by atoms with Crippen LogP contribution in [0.2, 0.25) is 0 Å². The Labute approximate surface area is 235 Å². The molecular formula is C29H42N4O7. The maximum Gasteiger partial charge on any atom is 0.308 e. The van der Waals surface area contributed by atoms with E-state index >= 15 is 0 Å². The second-order valence-electron chi connectivity index (χ2n) is 10.9. The van der Waals surface area contributed by atoms with E-state index in [4.69, 9.17) is 13.9 Å². The normalized spacial score (nSPS) is 20.4. The van der Waals surface area contributed by atoms with Crippen LogP contribution >= 0.6 is 0 Å². The quantitative estimate of drug-likeness (QED) is 0.337. The van der Waals surface area contributed by atoms with Gasteiger partial charge in [-0.25, -0.2) is 4.98 Å². The van der Waals surface area contributed by atoms with Crippen molar-refractivity contribution in [3.63, 3.8) is 0 Å². The monoisotopic (exact) mass is 558 g/mol. The number of hydrogen-bond donors (Lipinski definition) is 2. The Morgan fingerprint density at radius 2 is 1.95 bits per heavy atom. The number of aryl methyl sites for hydroxylation is 1. The number of rotatable bonds is 15. The van der Waals surface area contributed by atoms with Crippen LogP contribution in [0.1, 0.15) is 55.5 Å². The van der Waals surface area contributed by atoms with Crippen molar-refractivity contribution < 1.29 is 33.7 Å². The lowest BCUT2D eigenvalue weighted by atomic mass is 9.83. The summed E-state index contributed by atoms with van der Waals surface area (Å²) in [6, 6.07) is 3.21. The zero-order valence-corrected chi connectivity index (χ0v) is 23.8. The molecule has 4 rings (SSSR count). The molecule has 0 bridgehead atoms. The topological polar surface area (TPSA) is 129 Å². The second-order valence-corrected chi connectivity index (χ2v) is 10.9. The molecule has 1 aromatic heterocycles. The summed E-state index contributed by atoms with van der Waals surface area (Å²) in [5.41, 5.74) is 1.32. The highest BCUT2D eigenvalue weighted by Crippen LogP contribution is 2.44. The molecule has 2 N–H and O–H groups in total. The highest BCUT2D eigenvalue weighted by atomic mass is 16.7. The van der Waals surface area contributed by atoms with Gasteiger partial charge < -0.3 is 33.9 Å². The number of carboxylic acid groups (broad SMARTS) is 1. The van der Waals surface area contributed by atoms with Gasteiger partial charge in [-0.3, -0.25) is 14.5 Å². The number of carbonyl (C=O) groups excluding carboxylic acids is 1. The van der Waals surface area contributed by atoms with Gasteiger partial charge >= 0.3 is 5.97 Å².